The average Bonchev–Trinajstić information content (AvgIpc) is 2.38. The van der Waals surface area contributed by atoms with E-state index in [0.29, 0.717) is 0 Å². The first kappa shape index (κ1) is 13.7. The fourth-order valence-electron chi connectivity index (χ4n) is 1.28. The van der Waals surface area contributed by atoms with Gasteiger partial charge in [0.25, 0.3) is 0 Å². The van der Waals surface area contributed by atoms with E-state index in [9.17, 15) is 17.6 Å². The molecule has 5 nitrogen and oxygen atoms in total. The predicted octanol–water partition coefficient (Wildman–Crippen LogP) is 2.09. The van der Waals surface area contributed by atoms with Gasteiger partial charge in [0.2, 0.25) is 11.9 Å². The van der Waals surface area contributed by atoms with Crippen LogP contribution in [0.1, 0.15) is 0 Å². The lowest BCUT2D eigenvalue weighted by molar-refractivity contribution is 0.479. The van der Waals surface area contributed by atoms with E-state index in [1.165, 1.54) is 0 Å². The fraction of sp³-hybridized carbons (Fsp3) is 0. The molecule has 2 aromatic rings. The second kappa shape index (κ2) is 5.51. The van der Waals surface area contributed by atoms with E-state index < -0.39 is 23.5 Å². The van der Waals surface area contributed by atoms with E-state index in [2.05, 4.69) is 20.3 Å². The molecule has 2 heterocycles. The Morgan fingerprint density at radius 2 is 1.60 bits per heavy atom. The summed E-state index contributed by atoms with van der Waals surface area (Å²) in [5.41, 5.74) is 5.46. The Kier molecular flexibility index (Phi) is 3.78. The maximum Gasteiger partial charge on any atom is 0.249 e. The molecule has 104 valence electrons. The molecule has 0 aromatic carbocycles. The zero-order valence-corrected chi connectivity index (χ0v) is 9.74. The summed E-state index contributed by atoms with van der Waals surface area (Å²) in [6, 6.07) is 1.59. The Balaban J connectivity index is 2.17. The van der Waals surface area contributed by atoms with Gasteiger partial charge in [0.1, 0.15) is 0 Å². The van der Waals surface area contributed by atoms with Gasteiger partial charge in [-0.3, -0.25) is 0 Å². The number of nitrogens with zero attached hydrogens (tertiary/aromatic N) is 3. The van der Waals surface area contributed by atoms with Gasteiger partial charge in [-0.25, -0.2) is 23.7 Å². The van der Waals surface area contributed by atoms with Gasteiger partial charge in [0.05, 0.1) is 23.8 Å². The molecule has 2 rings (SSSR count). The number of nitrogens with one attached hydrogen (secondary N) is 1. The maximum atomic E-state index is 12.9. The normalized spacial score (nSPS) is 11.5. The fourth-order valence-corrected chi connectivity index (χ4v) is 1.28. The summed E-state index contributed by atoms with van der Waals surface area (Å²) < 4.78 is 51.0. The minimum atomic E-state index is -1.26. The Hall–Kier alpha value is -2.71. The summed E-state index contributed by atoms with van der Waals surface area (Å²) in [6.45, 7) is 0. The first-order chi connectivity index (χ1) is 9.45. The van der Waals surface area contributed by atoms with Crippen LogP contribution in [-0.4, -0.2) is 15.9 Å². The summed E-state index contributed by atoms with van der Waals surface area (Å²) in [6.07, 6.45) is 1.95. The third kappa shape index (κ3) is 3.19. The molecule has 0 radical (unpaired) electrons. The Bertz CT molecular complexity index is 674. The highest BCUT2D eigenvalue weighted by atomic mass is 19.2. The van der Waals surface area contributed by atoms with E-state index >= 15 is 0 Å². The van der Waals surface area contributed by atoms with Crippen LogP contribution in [0.15, 0.2) is 29.5 Å². The van der Waals surface area contributed by atoms with E-state index in [-0.39, 0.29) is 17.3 Å². The Morgan fingerprint density at radius 3 is 2.20 bits per heavy atom. The van der Waals surface area contributed by atoms with Crippen molar-refractivity contribution >= 4 is 17.3 Å². The van der Waals surface area contributed by atoms with Gasteiger partial charge in [-0.05, 0) is 0 Å². The molecule has 9 heteroatoms. The number of pyridine rings is 2. The average molecular weight is 285 g/mol. The van der Waals surface area contributed by atoms with Crippen molar-refractivity contribution in [3.63, 3.8) is 0 Å². The Morgan fingerprint density at radius 1 is 1.00 bits per heavy atom. The minimum Gasteiger partial charge on any atom is -0.369 e. The standard InChI is InChI=1S/C11H7F4N5/c12-7-1-5(3-17-9(7)14)19-11(16)20-6-2-8(13)10(15)18-4-6/h1-4H,(H3,16,19,20). The van der Waals surface area contributed by atoms with Gasteiger partial charge >= 0.3 is 0 Å². The van der Waals surface area contributed by atoms with Crippen LogP contribution in [0.2, 0.25) is 0 Å². The highest BCUT2D eigenvalue weighted by molar-refractivity contribution is 5.93. The number of aliphatic imine (C=N–C) groups is 1. The highest BCUT2D eigenvalue weighted by Crippen LogP contribution is 2.14. The molecular weight excluding hydrogens is 278 g/mol. The molecule has 0 aliphatic carbocycles. The van der Waals surface area contributed by atoms with E-state index in [1.807, 2.05) is 0 Å². The van der Waals surface area contributed by atoms with Crippen molar-refractivity contribution in [2.24, 2.45) is 10.7 Å². The van der Waals surface area contributed by atoms with Gasteiger partial charge in [-0.1, -0.05) is 0 Å². The van der Waals surface area contributed by atoms with Crippen molar-refractivity contribution in [2.75, 3.05) is 5.32 Å². The van der Waals surface area contributed by atoms with Gasteiger partial charge in [-0.15, -0.1) is 0 Å². The minimum absolute atomic E-state index is 0.0423. The van der Waals surface area contributed by atoms with Crippen molar-refractivity contribution in [3.05, 3.63) is 48.1 Å². The van der Waals surface area contributed by atoms with Crippen LogP contribution in [0.25, 0.3) is 0 Å². The molecule has 0 saturated carbocycles. The molecule has 0 unspecified atom stereocenters. The lowest BCUT2D eigenvalue weighted by Gasteiger charge is -2.05. The second-order valence-corrected chi connectivity index (χ2v) is 3.58. The largest absolute Gasteiger partial charge is 0.369 e. The van der Waals surface area contributed by atoms with Gasteiger partial charge in [-0.2, -0.15) is 8.78 Å². The number of anilines is 1. The number of guanidine groups is 1. The lowest BCUT2D eigenvalue weighted by Crippen LogP contribution is -2.22. The first-order valence-electron chi connectivity index (χ1n) is 5.19. The maximum absolute atomic E-state index is 12.9. The topological polar surface area (TPSA) is 76.2 Å². The smallest absolute Gasteiger partial charge is 0.249 e. The van der Waals surface area contributed by atoms with Crippen LogP contribution in [0.4, 0.5) is 28.9 Å². The summed E-state index contributed by atoms with van der Waals surface area (Å²) in [7, 11) is 0. The predicted molar refractivity (Wildman–Crippen MR) is 63.2 cm³/mol. The molecule has 0 aliphatic rings. The number of hydrogen-bond donors (Lipinski definition) is 2. The second-order valence-electron chi connectivity index (χ2n) is 3.58. The lowest BCUT2D eigenvalue weighted by atomic mass is 10.4. The third-order valence-corrected chi connectivity index (χ3v) is 2.10. The number of hydrogen-bond acceptors (Lipinski definition) is 3. The summed E-state index contributed by atoms with van der Waals surface area (Å²) in [5, 5.41) is 2.41. The number of aromatic nitrogens is 2. The summed E-state index contributed by atoms with van der Waals surface area (Å²) in [4.78, 5) is 9.92. The van der Waals surface area contributed by atoms with Crippen LogP contribution in [-0.2, 0) is 0 Å². The zero-order valence-electron chi connectivity index (χ0n) is 9.74. The van der Waals surface area contributed by atoms with Crippen LogP contribution in [0, 0.1) is 23.5 Å². The van der Waals surface area contributed by atoms with Crippen molar-refractivity contribution in [2.45, 2.75) is 0 Å². The zero-order chi connectivity index (χ0) is 14.7. The summed E-state index contributed by atoms with van der Waals surface area (Å²) >= 11 is 0. The molecule has 0 saturated heterocycles. The first-order valence-corrected chi connectivity index (χ1v) is 5.19. The van der Waals surface area contributed by atoms with Crippen molar-refractivity contribution in [1.82, 2.24) is 9.97 Å². The number of halogens is 4. The monoisotopic (exact) mass is 285 g/mol. The quantitative estimate of drug-likeness (QED) is 0.383. The highest BCUT2D eigenvalue weighted by Gasteiger charge is 2.06. The van der Waals surface area contributed by atoms with Crippen molar-refractivity contribution in [3.8, 4) is 0 Å². The van der Waals surface area contributed by atoms with E-state index in [1.54, 1.807) is 0 Å². The van der Waals surface area contributed by atoms with E-state index in [0.717, 1.165) is 24.5 Å². The van der Waals surface area contributed by atoms with Crippen LogP contribution >= 0.6 is 0 Å². The van der Waals surface area contributed by atoms with Crippen LogP contribution < -0.4 is 11.1 Å². The Labute approximate surface area is 110 Å². The molecule has 0 bridgehead atoms. The van der Waals surface area contributed by atoms with Crippen LogP contribution in [0.3, 0.4) is 0 Å². The van der Waals surface area contributed by atoms with Crippen molar-refractivity contribution < 1.29 is 17.6 Å². The molecule has 0 atom stereocenters. The van der Waals surface area contributed by atoms with Crippen LogP contribution in [0.5, 0.6) is 0 Å². The van der Waals surface area contributed by atoms with Gasteiger partial charge in [0.15, 0.2) is 17.6 Å². The number of rotatable bonds is 2. The SMILES string of the molecule is NC(=Nc1cnc(F)c(F)c1)Nc1cnc(F)c(F)c1. The summed E-state index contributed by atoms with van der Waals surface area (Å²) in [5.74, 6) is -5.13. The number of nitrogens with two attached hydrogens (primary N) is 1. The molecule has 0 amide bonds. The van der Waals surface area contributed by atoms with Gasteiger partial charge < -0.3 is 11.1 Å². The van der Waals surface area contributed by atoms with Gasteiger partial charge in [0, 0.05) is 12.1 Å². The molecular formula is C11H7F4N5. The third-order valence-electron chi connectivity index (χ3n) is 2.10. The molecule has 2 aromatic heterocycles. The molecule has 20 heavy (non-hydrogen) atoms. The molecule has 0 aliphatic heterocycles. The van der Waals surface area contributed by atoms with Crippen molar-refractivity contribution in [1.29, 1.82) is 0 Å². The molecule has 3 N–H and O–H groups in total. The molecule has 0 fully saturated rings. The van der Waals surface area contributed by atoms with E-state index in [4.69, 9.17) is 5.73 Å². The molecule has 0 spiro atoms.